The van der Waals surface area contributed by atoms with Crippen LogP contribution in [-0.4, -0.2) is 81.2 Å². The zero-order chi connectivity index (χ0) is 26.3. The quantitative estimate of drug-likeness (QED) is 0.590. The van der Waals surface area contributed by atoms with Gasteiger partial charge in [0.1, 0.15) is 11.6 Å². The van der Waals surface area contributed by atoms with E-state index < -0.39 is 17.7 Å². The maximum absolute atomic E-state index is 13.4. The molecule has 36 heavy (non-hydrogen) atoms. The van der Waals surface area contributed by atoms with Crippen LogP contribution in [0.15, 0.2) is 18.7 Å². The lowest BCUT2D eigenvalue weighted by Crippen LogP contribution is -2.64. The Morgan fingerprint density at radius 3 is 2.44 bits per heavy atom. The molecule has 0 aromatic carbocycles. The van der Waals surface area contributed by atoms with Gasteiger partial charge in [0, 0.05) is 44.1 Å². The van der Waals surface area contributed by atoms with E-state index in [1.165, 1.54) is 11.3 Å². The zero-order valence-electron chi connectivity index (χ0n) is 22.5. The van der Waals surface area contributed by atoms with Gasteiger partial charge in [-0.25, -0.2) is 14.6 Å². The molecule has 2 N–H and O–H groups in total. The molecule has 0 radical (unpaired) electrons. The van der Waals surface area contributed by atoms with E-state index in [1.807, 2.05) is 27.0 Å². The molecular formula is C26H44N6O4. The molecule has 2 atom stereocenters. The van der Waals surface area contributed by atoms with Gasteiger partial charge in [0.15, 0.2) is 0 Å². The first kappa shape index (κ1) is 27.8. The summed E-state index contributed by atoms with van der Waals surface area (Å²) in [6.07, 6.45) is 11.1. The number of carbonyl (C=O) groups is 3. The van der Waals surface area contributed by atoms with Gasteiger partial charge >= 0.3 is 12.1 Å². The molecule has 0 spiro atoms. The predicted molar refractivity (Wildman–Crippen MR) is 137 cm³/mol. The Labute approximate surface area is 215 Å². The number of carbonyl (C=O) groups excluding carboxylic acids is 3. The fourth-order valence-corrected chi connectivity index (χ4v) is 5.00. The highest BCUT2D eigenvalue weighted by atomic mass is 16.6. The Kier molecular flexibility index (Phi) is 9.62. The van der Waals surface area contributed by atoms with Gasteiger partial charge in [0.2, 0.25) is 5.91 Å². The highest BCUT2D eigenvalue weighted by molar-refractivity contribution is 5.88. The van der Waals surface area contributed by atoms with Gasteiger partial charge in [0.25, 0.3) is 0 Å². The van der Waals surface area contributed by atoms with Crippen molar-refractivity contribution in [3.8, 4) is 0 Å². The summed E-state index contributed by atoms with van der Waals surface area (Å²) in [6.45, 7) is 10.9. The molecule has 2 fully saturated rings. The van der Waals surface area contributed by atoms with E-state index in [-0.39, 0.29) is 37.1 Å². The van der Waals surface area contributed by atoms with E-state index in [0.29, 0.717) is 19.0 Å². The number of hydrogen-bond acceptors (Lipinski definition) is 5. The summed E-state index contributed by atoms with van der Waals surface area (Å²) in [6, 6.07) is -0.672. The van der Waals surface area contributed by atoms with Crippen LogP contribution in [0.2, 0.25) is 0 Å². The van der Waals surface area contributed by atoms with Crippen LogP contribution in [0, 0.1) is 5.92 Å². The average molecular weight is 505 g/mol. The number of aromatic nitrogens is 2. The van der Waals surface area contributed by atoms with Crippen molar-refractivity contribution in [2.45, 2.75) is 96.9 Å². The Hall–Kier alpha value is -2.78. The summed E-state index contributed by atoms with van der Waals surface area (Å²) in [7, 11) is 0. The molecule has 1 unspecified atom stereocenters. The minimum Gasteiger partial charge on any atom is -0.444 e. The summed E-state index contributed by atoms with van der Waals surface area (Å²) >= 11 is 0. The third-order valence-electron chi connectivity index (χ3n) is 6.95. The Balaban J connectivity index is 1.66. The summed E-state index contributed by atoms with van der Waals surface area (Å²) in [5.41, 5.74) is -0.635. The number of piperazine rings is 1. The first-order valence-electron chi connectivity index (χ1n) is 13.4. The fraction of sp³-hybridized carbons (Fsp3) is 0.769. The molecule has 3 rings (SSSR count). The molecule has 1 aliphatic carbocycles. The van der Waals surface area contributed by atoms with E-state index in [4.69, 9.17) is 4.74 Å². The van der Waals surface area contributed by atoms with Crippen molar-refractivity contribution in [3.63, 3.8) is 0 Å². The smallest absolute Gasteiger partial charge is 0.410 e. The molecule has 0 bridgehead atoms. The highest BCUT2D eigenvalue weighted by Gasteiger charge is 2.39. The Bertz CT molecular complexity index is 860. The number of nitrogens with one attached hydrogen (secondary N) is 2. The van der Waals surface area contributed by atoms with Gasteiger partial charge in [0.05, 0.1) is 12.9 Å². The molecule has 2 aliphatic rings. The SMILES string of the molecule is CC(C)C(CCNC(=O)[C@H]1CN(C(=O)OC(C)(C)C)CCN1C(=O)NC1CCCCC1)n1ccnc1. The van der Waals surface area contributed by atoms with E-state index in [2.05, 4.69) is 34.0 Å². The second-order valence-corrected chi connectivity index (χ2v) is 11.3. The third kappa shape index (κ3) is 7.86. The van der Waals surface area contributed by atoms with Gasteiger partial charge in [-0.15, -0.1) is 0 Å². The number of urea groups is 1. The van der Waals surface area contributed by atoms with Gasteiger partial charge in [-0.05, 0) is 46.0 Å². The number of hydrogen-bond donors (Lipinski definition) is 2. The number of imidazole rings is 1. The van der Waals surface area contributed by atoms with Gasteiger partial charge in [-0.1, -0.05) is 33.1 Å². The van der Waals surface area contributed by atoms with Crippen molar-refractivity contribution in [1.82, 2.24) is 30.0 Å². The minimum absolute atomic E-state index is 0.105. The van der Waals surface area contributed by atoms with E-state index >= 15 is 0 Å². The van der Waals surface area contributed by atoms with E-state index in [0.717, 1.165) is 32.1 Å². The molecule has 10 nitrogen and oxygen atoms in total. The van der Waals surface area contributed by atoms with Crippen LogP contribution in [0.1, 0.15) is 79.2 Å². The summed E-state index contributed by atoms with van der Waals surface area (Å²) < 4.78 is 7.59. The predicted octanol–water partition coefficient (Wildman–Crippen LogP) is 3.55. The molecule has 4 amide bonds. The first-order valence-corrected chi connectivity index (χ1v) is 13.4. The van der Waals surface area contributed by atoms with Gasteiger partial charge < -0.3 is 29.7 Å². The number of ether oxygens (including phenoxy) is 1. The van der Waals surface area contributed by atoms with Gasteiger partial charge in [-0.2, -0.15) is 0 Å². The van der Waals surface area contributed by atoms with Gasteiger partial charge in [-0.3, -0.25) is 4.79 Å². The highest BCUT2D eigenvalue weighted by Crippen LogP contribution is 2.22. The number of rotatable bonds is 7. The normalized spacial score (nSPS) is 20.2. The van der Waals surface area contributed by atoms with Crippen LogP contribution >= 0.6 is 0 Å². The van der Waals surface area contributed by atoms with Crippen molar-refractivity contribution in [3.05, 3.63) is 18.7 Å². The largest absolute Gasteiger partial charge is 0.444 e. The average Bonchev–Trinajstić information content (AvgIpc) is 3.35. The fourth-order valence-electron chi connectivity index (χ4n) is 5.00. The topological polar surface area (TPSA) is 109 Å². The second kappa shape index (κ2) is 12.5. The van der Waals surface area contributed by atoms with Crippen LogP contribution in [0.25, 0.3) is 0 Å². The molecule has 1 aliphatic heterocycles. The lowest BCUT2D eigenvalue weighted by atomic mass is 9.95. The lowest BCUT2D eigenvalue weighted by Gasteiger charge is -2.41. The molecular weight excluding hydrogens is 460 g/mol. The lowest BCUT2D eigenvalue weighted by molar-refractivity contribution is -0.127. The Morgan fingerprint density at radius 1 is 1.11 bits per heavy atom. The zero-order valence-corrected chi connectivity index (χ0v) is 22.5. The van der Waals surface area contributed by atoms with E-state index in [9.17, 15) is 14.4 Å². The third-order valence-corrected chi connectivity index (χ3v) is 6.95. The minimum atomic E-state index is -0.777. The molecule has 1 saturated carbocycles. The van der Waals surface area contributed by atoms with E-state index in [1.54, 1.807) is 17.4 Å². The molecule has 1 aromatic rings. The summed E-state index contributed by atoms with van der Waals surface area (Å²) in [5.74, 6) is 0.112. The second-order valence-electron chi connectivity index (χ2n) is 11.3. The number of amides is 4. The van der Waals surface area contributed by atoms with Crippen LogP contribution < -0.4 is 10.6 Å². The van der Waals surface area contributed by atoms with Crippen molar-refractivity contribution in [1.29, 1.82) is 0 Å². The molecule has 202 valence electrons. The van der Waals surface area contributed by atoms with Crippen LogP contribution in [0.5, 0.6) is 0 Å². The van der Waals surface area contributed by atoms with Crippen molar-refractivity contribution in [2.24, 2.45) is 5.92 Å². The molecule has 2 heterocycles. The van der Waals surface area contributed by atoms with Crippen molar-refractivity contribution < 1.29 is 19.1 Å². The summed E-state index contributed by atoms with van der Waals surface area (Å²) in [5, 5.41) is 6.15. The maximum Gasteiger partial charge on any atom is 0.410 e. The number of nitrogens with zero attached hydrogens (tertiary/aromatic N) is 4. The monoisotopic (exact) mass is 504 g/mol. The molecule has 1 saturated heterocycles. The molecule has 1 aromatic heterocycles. The van der Waals surface area contributed by atoms with Crippen LogP contribution in [-0.2, 0) is 9.53 Å². The first-order chi connectivity index (χ1) is 17.0. The van der Waals surface area contributed by atoms with Crippen LogP contribution in [0.4, 0.5) is 9.59 Å². The molecule has 10 heteroatoms. The Morgan fingerprint density at radius 2 is 1.83 bits per heavy atom. The summed E-state index contributed by atoms with van der Waals surface area (Å²) in [4.78, 5) is 46.6. The van der Waals surface area contributed by atoms with Crippen molar-refractivity contribution in [2.75, 3.05) is 26.2 Å². The van der Waals surface area contributed by atoms with Crippen LogP contribution in [0.3, 0.4) is 0 Å². The standard InChI is InChI=1S/C26H44N6O4/c1-19(2)21(31-14-13-27-18-31)11-12-28-23(33)22-17-30(25(35)36-26(3,4)5)15-16-32(22)24(34)29-20-9-7-6-8-10-20/h13-14,18-22H,6-12,15-17H2,1-5H3,(H,28,33)(H,29,34)/t21?,22-/m1/s1. The van der Waals surface area contributed by atoms with Crippen molar-refractivity contribution >= 4 is 18.0 Å². The maximum atomic E-state index is 13.4.